The summed E-state index contributed by atoms with van der Waals surface area (Å²) in [5.74, 6) is -0.643. The smallest absolute Gasteiger partial charge is 0.330 e. The van der Waals surface area contributed by atoms with Crippen molar-refractivity contribution in [3.63, 3.8) is 0 Å². The largest absolute Gasteiger partial charge is 0.348 e. The molecular weight excluding hydrogens is 350 g/mol. The zero-order valence-electron chi connectivity index (χ0n) is 15.3. The van der Waals surface area contributed by atoms with Crippen LogP contribution in [0.5, 0.6) is 0 Å². The monoisotopic (exact) mass is 373 g/mol. The molecular formula is C19H23N3O5. The van der Waals surface area contributed by atoms with Crippen molar-refractivity contribution in [3.05, 3.63) is 69.0 Å². The molecule has 1 N–H and O–H groups in total. The molecule has 3 heterocycles. The van der Waals surface area contributed by atoms with Crippen LogP contribution in [0, 0.1) is 0 Å². The topological polar surface area (TPSA) is 85.8 Å². The number of hydrogen-bond acceptors (Lipinski definition) is 6. The Morgan fingerprint density at radius 2 is 1.96 bits per heavy atom. The normalized spacial score (nSPS) is 27.9. The molecule has 0 saturated carbocycles. The number of aromatic nitrogens is 2. The summed E-state index contributed by atoms with van der Waals surface area (Å²) in [5, 5.41) is 1.85. The number of nitrogens with zero attached hydrogens (tertiary/aromatic N) is 2. The fraction of sp³-hybridized carbons (Fsp3) is 0.474. The number of ether oxygens (including phenoxy) is 2. The number of rotatable bonds is 4. The quantitative estimate of drug-likeness (QED) is 0.872. The Labute approximate surface area is 156 Å². The van der Waals surface area contributed by atoms with Crippen LogP contribution < -0.4 is 11.2 Å². The van der Waals surface area contributed by atoms with E-state index in [0.717, 1.165) is 5.56 Å². The lowest BCUT2D eigenvalue weighted by Crippen LogP contribution is -2.40. The van der Waals surface area contributed by atoms with Crippen LogP contribution in [0.4, 0.5) is 0 Å². The molecule has 2 aliphatic heterocycles. The molecule has 1 aromatic heterocycles. The molecule has 0 bridgehead atoms. The highest BCUT2D eigenvalue weighted by Gasteiger charge is 2.45. The van der Waals surface area contributed by atoms with Gasteiger partial charge in [0.2, 0.25) is 0 Å². The Balaban J connectivity index is 1.60. The average Bonchev–Trinajstić information content (AvgIpc) is 3.19. The van der Waals surface area contributed by atoms with E-state index in [-0.39, 0.29) is 12.1 Å². The minimum absolute atomic E-state index is 0.0872. The second-order valence-corrected chi connectivity index (χ2v) is 7.31. The molecule has 2 aromatic rings. The van der Waals surface area contributed by atoms with Gasteiger partial charge in [-0.25, -0.2) is 4.79 Å². The number of aromatic amines is 1. The van der Waals surface area contributed by atoms with Crippen LogP contribution in [0.1, 0.15) is 32.1 Å². The number of nitrogens with one attached hydrogen (secondary N) is 1. The first-order valence-electron chi connectivity index (χ1n) is 9.02. The molecule has 0 spiro atoms. The van der Waals surface area contributed by atoms with Crippen LogP contribution in [0.2, 0.25) is 0 Å². The van der Waals surface area contributed by atoms with E-state index in [9.17, 15) is 9.59 Å². The summed E-state index contributed by atoms with van der Waals surface area (Å²) < 4.78 is 13.2. The highest BCUT2D eigenvalue weighted by Crippen LogP contribution is 2.36. The van der Waals surface area contributed by atoms with Crippen molar-refractivity contribution in [2.45, 2.75) is 51.0 Å². The van der Waals surface area contributed by atoms with Crippen LogP contribution >= 0.6 is 0 Å². The molecule has 8 nitrogen and oxygen atoms in total. The Morgan fingerprint density at radius 3 is 2.63 bits per heavy atom. The first-order chi connectivity index (χ1) is 12.9. The van der Waals surface area contributed by atoms with E-state index in [0.29, 0.717) is 19.6 Å². The van der Waals surface area contributed by atoms with Gasteiger partial charge in [0, 0.05) is 25.2 Å². The number of hydrogen-bond donors (Lipinski definition) is 1. The summed E-state index contributed by atoms with van der Waals surface area (Å²) in [6.07, 6.45) is 1.32. The zero-order chi connectivity index (χ0) is 19.0. The van der Waals surface area contributed by atoms with Crippen LogP contribution in [-0.2, 0) is 20.9 Å². The highest BCUT2D eigenvalue weighted by molar-refractivity contribution is 5.14. The van der Waals surface area contributed by atoms with Crippen molar-refractivity contribution in [1.82, 2.24) is 14.6 Å². The van der Waals surface area contributed by atoms with Crippen molar-refractivity contribution in [3.8, 4) is 0 Å². The molecule has 4 rings (SSSR count). The van der Waals surface area contributed by atoms with Gasteiger partial charge in [0.25, 0.3) is 5.56 Å². The lowest BCUT2D eigenvalue weighted by atomic mass is 10.1. The second kappa shape index (κ2) is 7.05. The molecule has 144 valence electrons. The maximum atomic E-state index is 12.2. The fourth-order valence-corrected chi connectivity index (χ4v) is 3.58. The molecule has 8 heteroatoms. The van der Waals surface area contributed by atoms with Crippen LogP contribution in [-0.4, -0.2) is 39.2 Å². The number of H-pyrrole nitrogens is 1. The van der Waals surface area contributed by atoms with Crippen LogP contribution in [0.15, 0.2) is 52.2 Å². The van der Waals surface area contributed by atoms with E-state index >= 15 is 0 Å². The van der Waals surface area contributed by atoms with Crippen molar-refractivity contribution < 1.29 is 14.3 Å². The van der Waals surface area contributed by atoms with Crippen molar-refractivity contribution in [2.24, 2.45) is 0 Å². The van der Waals surface area contributed by atoms with Gasteiger partial charge < -0.3 is 9.47 Å². The van der Waals surface area contributed by atoms with Gasteiger partial charge in [-0.15, -0.1) is 0 Å². The summed E-state index contributed by atoms with van der Waals surface area (Å²) >= 11 is 0. The van der Waals surface area contributed by atoms with E-state index in [1.165, 1.54) is 16.8 Å². The molecule has 27 heavy (non-hydrogen) atoms. The Bertz CT molecular complexity index is 907. The molecule has 0 amide bonds. The van der Waals surface area contributed by atoms with Gasteiger partial charge in [-0.2, -0.15) is 5.06 Å². The fourth-order valence-electron chi connectivity index (χ4n) is 3.58. The maximum absolute atomic E-state index is 12.2. The van der Waals surface area contributed by atoms with Crippen LogP contribution in [0.3, 0.4) is 0 Å². The van der Waals surface area contributed by atoms with Gasteiger partial charge in [0.15, 0.2) is 12.0 Å². The Hall–Kier alpha value is -2.26. The summed E-state index contributed by atoms with van der Waals surface area (Å²) in [6.45, 7) is 4.78. The van der Waals surface area contributed by atoms with Gasteiger partial charge in [0.1, 0.15) is 6.10 Å². The number of benzene rings is 1. The van der Waals surface area contributed by atoms with Gasteiger partial charge >= 0.3 is 5.69 Å². The molecule has 0 radical (unpaired) electrons. The molecule has 0 unspecified atom stereocenters. The van der Waals surface area contributed by atoms with Crippen molar-refractivity contribution in [2.75, 3.05) is 6.61 Å². The summed E-state index contributed by atoms with van der Waals surface area (Å²) in [5.41, 5.74) is 0.174. The van der Waals surface area contributed by atoms with E-state index in [1.54, 1.807) is 0 Å². The van der Waals surface area contributed by atoms with Crippen molar-refractivity contribution >= 4 is 0 Å². The average molecular weight is 373 g/mol. The van der Waals surface area contributed by atoms with Crippen molar-refractivity contribution in [1.29, 1.82) is 0 Å². The van der Waals surface area contributed by atoms with Gasteiger partial charge in [-0.1, -0.05) is 30.3 Å². The van der Waals surface area contributed by atoms with Gasteiger partial charge in [0.05, 0.1) is 12.6 Å². The molecule has 0 aliphatic carbocycles. The predicted octanol–water partition coefficient (Wildman–Crippen LogP) is 1.39. The molecule has 2 fully saturated rings. The third-order valence-corrected chi connectivity index (χ3v) is 4.87. The van der Waals surface area contributed by atoms with Gasteiger partial charge in [-0.05, 0) is 19.4 Å². The first-order valence-corrected chi connectivity index (χ1v) is 9.02. The standard InChI is InChI=1S/C19H23N3O5/c1-19(2)25-12-15(26-19)14-10-17(21-9-8-16(23)20-18(21)24)27-22(14)11-13-6-4-3-5-7-13/h3-9,14-15,17H,10-12H2,1-2H3,(H,20,23,24)/t14-,15+,17-/m0/s1. The zero-order valence-corrected chi connectivity index (χ0v) is 15.3. The minimum Gasteiger partial charge on any atom is -0.348 e. The van der Waals surface area contributed by atoms with Gasteiger partial charge in [-0.3, -0.25) is 19.2 Å². The first kappa shape index (κ1) is 18.1. The SMILES string of the molecule is CC1(C)OC[C@H]([C@@H]2C[C@@H](n3ccc(=O)[nH]c3=O)ON2Cc2ccccc2)O1. The second-order valence-electron chi connectivity index (χ2n) is 7.31. The van der Waals surface area contributed by atoms with E-state index in [1.807, 2.05) is 49.2 Å². The molecule has 3 atom stereocenters. The van der Waals surface area contributed by atoms with E-state index < -0.39 is 23.3 Å². The molecule has 1 aromatic carbocycles. The summed E-state index contributed by atoms with van der Waals surface area (Å²) in [6, 6.07) is 11.2. The maximum Gasteiger partial charge on any atom is 0.330 e. The number of hydroxylamine groups is 2. The third kappa shape index (κ3) is 3.89. The predicted molar refractivity (Wildman–Crippen MR) is 96.7 cm³/mol. The minimum atomic E-state index is -0.643. The van der Waals surface area contributed by atoms with Crippen LogP contribution in [0.25, 0.3) is 0 Å². The molecule has 2 aliphatic rings. The van der Waals surface area contributed by atoms with E-state index in [4.69, 9.17) is 14.3 Å². The summed E-state index contributed by atoms with van der Waals surface area (Å²) in [7, 11) is 0. The Morgan fingerprint density at radius 1 is 1.19 bits per heavy atom. The lowest BCUT2D eigenvalue weighted by Gasteiger charge is -2.27. The highest BCUT2D eigenvalue weighted by atomic mass is 16.8. The van der Waals surface area contributed by atoms with E-state index in [2.05, 4.69) is 4.98 Å². The Kier molecular flexibility index (Phi) is 4.73. The third-order valence-electron chi connectivity index (χ3n) is 4.87. The lowest BCUT2D eigenvalue weighted by molar-refractivity contribution is -0.209. The summed E-state index contributed by atoms with van der Waals surface area (Å²) in [4.78, 5) is 31.9. The molecule has 2 saturated heterocycles.